The summed E-state index contributed by atoms with van der Waals surface area (Å²) in [6, 6.07) is 0. The second kappa shape index (κ2) is 5.69. The number of aromatic nitrogens is 2. The average Bonchev–Trinajstić information content (AvgIpc) is 2.44. The van der Waals surface area contributed by atoms with Gasteiger partial charge in [0, 0.05) is 13.0 Å². The van der Waals surface area contributed by atoms with Crippen LogP contribution in [-0.4, -0.2) is 21.0 Å². The van der Waals surface area contributed by atoms with Gasteiger partial charge in [-0.25, -0.2) is 0 Å². The summed E-state index contributed by atoms with van der Waals surface area (Å²) in [5.41, 5.74) is 1.80. The Kier molecular flexibility index (Phi) is 4.81. The molecule has 0 aromatic carbocycles. The number of hydrogen-bond acceptors (Lipinski definition) is 2. The number of hydrogen-bond donors (Lipinski definition) is 1. The van der Waals surface area contributed by atoms with Gasteiger partial charge in [0.15, 0.2) is 0 Å². The largest absolute Gasteiger partial charge is 0.393 e. The van der Waals surface area contributed by atoms with Crippen molar-refractivity contribution >= 4 is 11.6 Å². The fourth-order valence-corrected chi connectivity index (χ4v) is 2.13. The maximum absolute atomic E-state index is 9.93. The molecule has 0 aliphatic rings. The minimum atomic E-state index is -0.334. The molecule has 4 heteroatoms. The Labute approximate surface area is 102 Å². The third-order valence-electron chi connectivity index (χ3n) is 2.63. The first-order valence-corrected chi connectivity index (χ1v) is 6.23. The molecule has 0 spiro atoms. The second-order valence-corrected chi connectivity index (χ2v) is 5.03. The van der Waals surface area contributed by atoms with Gasteiger partial charge in [0.25, 0.3) is 0 Å². The molecule has 16 heavy (non-hydrogen) atoms. The summed E-state index contributed by atoms with van der Waals surface area (Å²) < 4.78 is 1.88. The van der Waals surface area contributed by atoms with Gasteiger partial charge >= 0.3 is 0 Å². The van der Waals surface area contributed by atoms with Gasteiger partial charge < -0.3 is 5.11 Å². The molecule has 3 nitrogen and oxygen atoms in total. The Morgan fingerprint density at radius 2 is 2.06 bits per heavy atom. The third-order valence-corrected chi connectivity index (χ3v) is 3.12. The van der Waals surface area contributed by atoms with Gasteiger partial charge in [0.2, 0.25) is 0 Å². The van der Waals surface area contributed by atoms with Crippen LogP contribution >= 0.6 is 11.6 Å². The van der Waals surface area contributed by atoms with Crippen molar-refractivity contribution in [1.82, 2.24) is 9.78 Å². The highest BCUT2D eigenvalue weighted by Gasteiger charge is 2.16. The third kappa shape index (κ3) is 3.22. The molecule has 0 aliphatic heterocycles. The van der Waals surface area contributed by atoms with Crippen LogP contribution in [0.2, 0.25) is 5.02 Å². The average molecular weight is 245 g/mol. The zero-order valence-electron chi connectivity index (χ0n) is 10.5. The lowest BCUT2D eigenvalue weighted by atomic mass is 10.0. The summed E-state index contributed by atoms with van der Waals surface area (Å²) in [5, 5.41) is 15.0. The predicted octanol–water partition coefficient (Wildman–Crippen LogP) is 2.81. The van der Waals surface area contributed by atoms with Crippen molar-refractivity contribution in [1.29, 1.82) is 0 Å². The molecule has 0 bridgehead atoms. The van der Waals surface area contributed by atoms with Gasteiger partial charge in [-0.2, -0.15) is 5.10 Å². The Hall–Kier alpha value is -0.540. The van der Waals surface area contributed by atoms with Crippen molar-refractivity contribution in [2.45, 2.75) is 53.2 Å². The first-order chi connectivity index (χ1) is 7.45. The molecule has 1 rings (SSSR count). The van der Waals surface area contributed by atoms with Crippen molar-refractivity contribution in [2.75, 3.05) is 0 Å². The maximum Gasteiger partial charge on any atom is 0.0848 e. The second-order valence-electron chi connectivity index (χ2n) is 4.65. The van der Waals surface area contributed by atoms with Gasteiger partial charge in [-0.15, -0.1) is 0 Å². The van der Waals surface area contributed by atoms with E-state index in [1.807, 2.05) is 18.5 Å². The molecule has 0 fully saturated rings. The number of aryl methyl sites for hydroxylation is 2. The highest BCUT2D eigenvalue weighted by molar-refractivity contribution is 6.31. The molecule has 92 valence electrons. The number of aliphatic hydroxyl groups is 1. The van der Waals surface area contributed by atoms with E-state index in [4.69, 9.17) is 11.6 Å². The van der Waals surface area contributed by atoms with Crippen LogP contribution in [0.4, 0.5) is 0 Å². The topological polar surface area (TPSA) is 38.0 Å². The van der Waals surface area contributed by atoms with E-state index in [9.17, 15) is 5.11 Å². The lowest BCUT2D eigenvalue weighted by Gasteiger charge is -2.14. The van der Waals surface area contributed by atoms with Crippen LogP contribution in [0, 0.1) is 12.8 Å². The van der Waals surface area contributed by atoms with E-state index in [0.717, 1.165) is 24.4 Å². The first-order valence-electron chi connectivity index (χ1n) is 5.85. The minimum absolute atomic E-state index is 0.334. The number of nitrogens with zero attached hydrogens (tertiary/aromatic N) is 2. The summed E-state index contributed by atoms with van der Waals surface area (Å²) in [4.78, 5) is 0. The predicted molar refractivity (Wildman–Crippen MR) is 66.8 cm³/mol. The minimum Gasteiger partial charge on any atom is -0.393 e. The van der Waals surface area contributed by atoms with Gasteiger partial charge in [-0.3, -0.25) is 4.68 Å². The van der Waals surface area contributed by atoms with E-state index in [0.29, 0.717) is 17.4 Å². The lowest BCUT2D eigenvalue weighted by molar-refractivity contribution is 0.146. The summed E-state index contributed by atoms with van der Waals surface area (Å²) >= 11 is 6.18. The van der Waals surface area contributed by atoms with Crippen LogP contribution in [0.5, 0.6) is 0 Å². The Bertz CT molecular complexity index is 347. The fourth-order valence-electron chi connectivity index (χ4n) is 1.91. The molecule has 1 heterocycles. The monoisotopic (exact) mass is 244 g/mol. The molecule has 1 N–H and O–H groups in total. The summed E-state index contributed by atoms with van der Waals surface area (Å²) in [6.45, 7) is 8.92. The molecule has 0 aliphatic carbocycles. The highest BCUT2D eigenvalue weighted by atomic mass is 35.5. The SMILES string of the molecule is CCn1nc(C)c(Cl)c1CC(O)CC(C)C. The molecule has 1 unspecified atom stereocenters. The number of rotatable bonds is 5. The molecular formula is C12H21ClN2O. The Balaban J connectivity index is 2.79. The molecule has 1 aromatic heterocycles. The zero-order valence-corrected chi connectivity index (χ0v) is 11.3. The fraction of sp³-hybridized carbons (Fsp3) is 0.750. The molecule has 0 radical (unpaired) electrons. The molecule has 1 atom stereocenters. The van der Waals surface area contributed by atoms with E-state index in [-0.39, 0.29) is 6.10 Å². The lowest BCUT2D eigenvalue weighted by Crippen LogP contribution is -2.16. The van der Waals surface area contributed by atoms with Crippen LogP contribution in [0.1, 0.15) is 38.6 Å². The highest BCUT2D eigenvalue weighted by Crippen LogP contribution is 2.22. The standard InChI is InChI=1S/C12H21ClN2O/c1-5-15-11(12(13)9(4)14-15)7-10(16)6-8(2)3/h8,10,16H,5-7H2,1-4H3. The van der Waals surface area contributed by atoms with Crippen LogP contribution < -0.4 is 0 Å². The zero-order chi connectivity index (χ0) is 12.3. The van der Waals surface area contributed by atoms with Crippen LogP contribution in [0.25, 0.3) is 0 Å². The Morgan fingerprint density at radius 3 is 2.56 bits per heavy atom. The van der Waals surface area contributed by atoms with Gasteiger partial charge in [0.1, 0.15) is 0 Å². The van der Waals surface area contributed by atoms with Crippen molar-refractivity contribution in [2.24, 2.45) is 5.92 Å². The van der Waals surface area contributed by atoms with Gasteiger partial charge in [0.05, 0.1) is 22.5 Å². The summed E-state index contributed by atoms with van der Waals surface area (Å²) in [5.74, 6) is 0.493. The maximum atomic E-state index is 9.93. The van der Waals surface area contributed by atoms with Gasteiger partial charge in [-0.1, -0.05) is 25.4 Å². The van der Waals surface area contributed by atoms with E-state index >= 15 is 0 Å². The van der Waals surface area contributed by atoms with Crippen LogP contribution in [0.3, 0.4) is 0 Å². The van der Waals surface area contributed by atoms with Crippen molar-refractivity contribution in [3.05, 3.63) is 16.4 Å². The van der Waals surface area contributed by atoms with Crippen LogP contribution in [-0.2, 0) is 13.0 Å². The molecule has 0 saturated heterocycles. The molecular weight excluding hydrogens is 224 g/mol. The Morgan fingerprint density at radius 1 is 1.44 bits per heavy atom. The van der Waals surface area contributed by atoms with E-state index in [1.165, 1.54) is 0 Å². The number of halogens is 1. The van der Waals surface area contributed by atoms with E-state index in [2.05, 4.69) is 18.9 Å². The molecule has 0 amide bonds. The van der Waals surface area contributed by atoms with E-state index in [1.54, 1.807) is 0 Å². The molecule has 0 saturated carbocycles. The quantitative estimate of drug-likeness (QED) is 0.865. The first kappa shape index (κ1) is 13.5. The van der Waals surface area contributed by atoms with Crippen molar-refractivity contribution in [3.8, 4) is 0 Å². The van der Waals surface area contributed by atoms with Crippen molar-refractivity contribution in [3.63, 3.8) is 0 Å². The summed E-state index contributed by atoms with van der Waals surface area (Å²) in [7, 11) is 0. The normalized spacial score (nSPS) is 13.4. The molecule has 1 aromatic rings. The van der Waals surface area contributed by atoms with Crippen LogP contribution in [0.15, 0.2) is 0 Å². The van der Waals surface area contributed by atoms with E-state index < -0.39 is 0 Å². The smallest absolute Gasteiger partial charge is 0.0848 e. The van der Waals surface area contributed by atoms with Crippen molar-refractivity contribution < 1.29 is 5.11 Å². The van der Waals surface area contributed by atoms with Gasteiger partial charge in [-0.05, 0) is 26.2 Å². The number of aliphatic hydroxyl groups excluding tert-OH is 1. The summed E-state index contributed by atoms with van der Waals surface area (Å²) in [6.07, 6.45) is 1.05.